The smallest absolute Gasteiger partial charge is 0.124 e. The quantitative estimate of drug-likeness (QED) is 0.464. The first-order valence-corrected chi connectivity index (χ1v) is 11.9. The maximum atomic E-state index is 12.3. The van der Waals surface area contributed by atoms with E-state index < -0.39 is 5.60 Å². The Morgan fingerprint density at radius 3 is 2.33 bits per heavy atom. The summed E-state index contributed by atoms with van der Waals surface area (Å²) in [5.41, 5.74) is 3.92. The lowest BCUT2D eigenvalue weighted by Crippen LogP contribution is -2.63. The van der Waals surface area contributed by atoms with Crippen LogP contribution in [0.1, 0.15) is 54.5 Å². The van der Waals surface area contributed by atoms with E-state index in [0.29, 0.717) is 19.1 Å². The van der Waals surface area contributed by atoms with Crippen molar-refractivity contribution < 1.29 is 9.84 Å². The molecule has 2 heterocycles. The average Bonchev–Trinajstić information content (AvgIpc) is 2.81. The highest BCUT2D eigenvalue weighted by molar-refractivity contribution is 5.42. The van der Waals surface area contributed by atoms with Crippen molar-refractivity contribution in [2.45, 2.75) is 45.3 Å². The lowest BCUT2D eigenvalue weighted by Gasteiger charge is -2.56. The van der Waals surface area contributed by atoms with Crippen LogP contribution in [0.15, 0.2) is 73.1 Å². The van der Waals surface area contributed by atoms with E-state index in [1.54, 1.807) is 0 Å². The van der Waals surface area contributed by atoms with E-state index in [1.165, 1.54) is 11.1 Å². The Balaban J connectivity index is 1.56. The molecule has 2 aromatic carbocycles. The standard InChI is InChI=1S/C29H36N2O2/c1-22(2)25-10-12-26(13-11-25)29(32,28(3)20-31(4)21-28)27-16-24(17-30-18-27)14-15-33-19-23-8-6-5-7-9-23/h5-13,16-18,22,32H,14-15,19-21H2,1-4H3. The lowest BCUT2D eigenvalue weighted by molar-refractivity contribution is -0.127. The highest BCUT2D eigenvalue weighted by atomic mass is 16.5. The van der Waals surface area contributed by atoms with Crippen molar-refractivity contribution in [2.24, 2.45) is 5.41 Å². The Kier molecular flexibility index (Phi) is 6.99. The minimum absolute atomic E-state index is 0.286. The number of aliphatic hydroxyl groups is 1. The number of pyridine rings is 1. The number of hydrogen-bond acceptors (Lipinski definition) is 4. The Bertz CT molecular complexity index is 1040. The molecule has 174 valence electrons. The number of ether oxygens (including phenoxy) is 1. The number of nitrogens with zero attached hydrogens (tertiary/aromatic N) is 2. The summed E-state index contributed by atoms with van der Waals surface area (Å²) in [6, 6.07) is 20.8. The third-order valence-corrected chi connectivity index (χ3v) is 6.97. The molecule has 3 aromatic rings. The molecule has 0 amide bonds. The molecule has 4 heteroatoms. The predicted molar refractivity (Wildman–Crippen MR) is 133 cm³/mol. The zero-order chi connectivity index (χ0) is 23.5. The Morgan fingerprint density at radius 2 is 1.70 bits per heavy atom. The fraction of sp³-hybridized carbons (Fsp3) is 0.414. The lowest BCUT2D eigenvalue weighted by atomic mass is 9.62. The van der Waals surface area contributed by atoms with Gasteiger partial charge in [-0.05, 0) is 47.7 Å². The normalized spacial score (nSPS) is 17.5. The molecule has 1 fully saturated rings. The molecule has 1 aliphatic heterocycles. The fourth-order valence-corrected chi connectivity index (χ4v) is 5.12. The monoisotopic (exact) mass is 444 g/mol. The molecule has 33 heavy (non-hydrogen) atoms. The Labute approximate surface area is 198 Å². The van der Waals surface area contributed by atoms with E-state index >= 15 is 0 Å². The molecule has 1 aliphatic rings. The molecule has 4 nitrogen and oxygen atoms in total. The summed E-state index contributed by atoms with van der Waals surface area (Å²) in [6.45, 7) is 9.44. The molecule has 1 atom stereocenters. The van der Waals surface area contributed by atoms with Gasteiger partial charge in [0, 0.05) is 36.5 Å². The summed E-state index contributed by atoms with van der Waals surface area (Å²) >= 11 is 0. The summed E-state index contributed by atoms with van der Waals surface area (Å²) < 4.78 is 5.89. The molecule has 1 N–H and O–H groups in total. The van der Waals surface area contributed by atoms with Crippen LogP contribution in [0.3, 0.4) is 0 Å². The third kappa shape index (κ3) is 4.89. The number of likely N-dealkylation sites (tertiary alicyclic amines) is 1. The molecular formula is C29H36N2O2. The molecule has 0 saturated carbocycles. The maximum absolute atomic E-state index is 12.3. The van der Waals surface area contributed by atoms with Gasteiger partial charge < -0.3 is 14.7 Å². The van der Waals surface area contributed by atoms with Crippen LogP contribution < -0.4 is 0 Å². The van der Waals surface area contributed by atoms with Gasteiger partial charge in [-0.15, -0.1) is 0 Å². The van der Waals surface area contributed by atoms with Gasteiger partial charge in [0.25, 0.3) is 0 Å². The first-order valence-electron chi connectivity index (χ1n) is 11.9. The van der Waals surface area contributed by atoms with Crippen LogP contribution in [0, 0.1) is 5.41 Å². The molecule has 0 bridgehead atoms. The van der Waals surface area contributed by atoms with Crippen molar-refractivity contribution in [3.8, 4) is 0 Å². The van der Waals surface area contributed by atoms with Crippen molar-refractivity contribution in [3.05, 3.63) is 101 Å². The molecular weight excluding hydrogens is 408 g/mol. The van der Waals surface area contributed by atoms with Gasteiger partial charge in [-0.25, -0.2) is 0 Å². The molecule has 0 radical (unpaired) electrons. The summed E-state index contributed by atoms with van der Waals surface area (Å²) in [5, 5.41) is 12.3. The highest BCUT2D eigenvalue weighted by Crippen LogP contribution is 2.50. The van der Waals surface area contributed by atoms with Crippen LogP contribution in [-0.4, -0.2) is 41.7 Å². The van der Waals surface area contributed by atoms with E-state index in [0.717, 1.165) is 36.2 Å². The minimum atomic E-state index is -1.11. The van der Waals surface area contributed by atoms with Gasteiger partial charge >= 0.3 is 0 Å². The second kappa shape index (κ2) is 9.76. The summed E-state index contributed by atoms with van der Waals surface area (Å²) in [7, 11) is 2.10. The molecule has 4 rings (SSSR count). The van der Waals surface area contributed by atoms with Gasteiger partial charge in [-0.1, -0.05) is 75.4 Å². The summed E-state index contributed by atoms with van der Waals surface area (Å²) in [4.78, 5) is 6.77. The van der Waals surface area contributed by atoms with Crippen molar-refractivity contribution in [1.82, 2.24) is 9.88 Å². The van der Waals surface area contributed by atoms with Crippen LogP contribution in [-0.2, 0) is 23.4 Å². The molecule has 1 saturated heterocycles. The van der Waals surface area contributed by atoms with Gasteiger partial charge in [0.05, 0.1) is 13.2 Å². The van der Waals surface area contributed by atoms with E-state index in [9.17, 15) is 5.11 Å². The van der Waals surface area contributed by atoms with Gasteiger partial charge in [-0.3, -0.25) is 4.98 Å². The third-order valence-electron chi connectivity index (χ3n) is 6.97. The summed E-state index contributed by atoms with van der Waals surface area (Å²) in [5.74, 6) is 0.457. The van der Waals surface area contributed by atoms with Crippen molar-refractivity contribution >= 4 is 0 Å². The zero-order valence-corrected chi connectivity index (χ0v) is 20.3. The van der Waals surface area contributed by atoms with Crippen LogP contribution in [0.2, 0.25) is 0 Å². The van der Waals surface area contributed by atoms with Crippen molar-refractivity contribution in [1.29, 1.82) is 0 Å². The minimum Gasteiger partial charge on any atom is -0.380 e. The van der Waals surface area contributed by atoms with Crippen molar-refractivity contribution in [2.75, 3.05) is 26.7 Å². The van der Waals surface area contributed by atoms with Gasteiger partial charge in [0.1, 0.15) is 5.60 Å². The Hall–Kier alpha value is -2.53. The number of aromatic nitrogens is 1. The first kappa shape index (κ1) is 23.6. The second-order valence-corrected chi connectivity index (χ2v) is 10.1. The van der Waals surface area contributed by atoms with Gasteiger partial charge in [0.15, 0.2) is 0 Å². The topological polar surface area (TPSA) is 45.6 Å². The van der Waals surface area contributed by atoms with E-state index in [-0.39, 0.29) is 5.41 Å². The molecule has 1 aromatic heterocycles. The van der Waals surface area contributed by atoms with Crippen LogP contribution in [0.4, 0.5) is 0 Å². The van der Waals surface area contributed by atoms with E-state index in [2.05, 4.69) is 80.2 Å². The van der Waals surface area contributed by atoms with Gasteiger partial charge in [0.2, 0.25) is 0 Å². The fourth-order valence-electron chi connectivity index (χ4n) is 5.12. The molecule has 0 spiro atoms. The number of rotatable bonds is 9. The maximum Gasteiger partial charge on any atom is 0.124 e. The van der Waals surface area contributed by atoms with Crippen LogP contribution >= 0.6 is 0 Å². The largest absolute Gasteiger partial charge is 0.380 e. The SMILES string of the molecule is CC(C)c1ccc(C(O)(c2cncc(CCOCc3ccccc3)c2)C2(C)CN(C)C2)cc1. The number of hydrogen-bond donors (Lipinski definition) is 1. The first-order chi connectivity index (χ1) is 15.8. The average molecular weight is 445 g/mol. The Morgan fingerprint density at radius 1 is 1.00 bits per heavy atom. The van der Waals surface area contributed by atoms with E-state index in [1.807, 2.05) is 30.6 Å². The molecule has 0 aliphatic carbocycles. The van der Waals surface area contributed by atoms with Crippen molar-refractivity contribution in [3.63, 3.8) is 0 Å². The molecule has 1 unspecified atom stereocenters. The second-order valence-electron chi connectivity index (χ2n) is 10.1. The van der Waals surface area contributed by atoms with E-state index in [4.69, 9.17) is 4.74 Å². The van der Waals surface area contributed by atoms with Crippen LogP contribution in [0.25, 0.3) is 0 Å². The van der Waals surface area contributed by atoms with Crippen LogP contribution in [0.5, 0.6) is 0 Å². The summed E-state index contributed by atoms with van der Waals surface area (Å²) in [6.07, 6.45) is 4.47. The zero-order valence-electron chi connectivity index (χ0n) is 20.3. The highest BCUT2D eigenvalue weighted by Gasteiger charge is 2.55. The predicted octanol–water partition coefficient (Wildman–Crippen LogP) is 5.15. The van der Waals surface area contributed by atoms with Gasteiger partial charge in [-0.2, -0.15) is 0 Å². The number of benzene rings is 2.